The van der Waals surface area contributed by atoms with E-state index in [1.807, 2.05) is 12.1 Å². The average molecular weight is 517 g/mol. The minimum atomic E-state index is -4.47. The van der Waals surface area contributed by atoms with Crippen molar-refractivity contribution in [1.29, 1.82) is 0 Å². The number of ether oxygens (including phenoxy) is 1. The van der Waals surface area contributed by atoms with E-state index < -0.39 is 11.6 Å². The van der Waals surface area contributed by atoms with Crippen molar-refractivity contribution in [3.63, 3.8) is 0 Å². The molecular formula is C28H35F3N4O2. The molecule has 3 N–H and O–H groups in total. The van der Waals surface area contributed by atoms with Crippen molar-refractivity contribution in [2.24, 2.45) is 5.92 Å². The Morgan fingerprint density at radius 1 is 1.22 bits per heavy atom. The summed E-state index contributed by atoms with van der Waals surface area (Å²) in [4.78, 5) is 16.4. The van der Waals surface area contributed by atoms with Crippen molar-refractivity contribution in [3.05, 3.63) is 41.7 Å². The van der Waals surface area contributed by atoms with E-state index in [1.165, 1.54) is 13.8 Å². The molecule has 3 fully saturated rings. The van der Waals surface area contributed by atoms with Gasteiger partial charge >= 0.3 is 6.18 Å². The monoisotopic (exact) mass is 516 g/mol. The van der Waals surface area contributed by atoms with E-state index >= 15 is 0 Å². The van der Waals surface area contributed by atoms with Gasteiger partial charge in [-0.05, 0) is 77.2 Å². The molecule has 200 valence electrons. The van der Waals surface area contributed by atoms with E-state index in [9.17, 15) is 18.0 Å². The molecule has 37 heavy (non-hydrogen) atoms. The second-order valence-electron chi connectivity index (χ2n) is 11.1. The molecule has 9 heteroatoms. The number of carbonyl (C=O) groups is 1. The zero-order valence-corrected chi connectivity index (χ0v) is 21.4. The third kappa shape index (κ3) is 5.48. The molecule has 2 aromatic rings. The number of aromatic nitrogens is 1. The third-order valence-electron chi connectivity index (χ3n) is 7.91. The van der Waals surface area contributed by atoms with Gasteiger partial charge < -0.3 is 20.7 Å². The van der Waals surface area contributed by atoms with Crippen LogP contribution in [0.4, 0.5) is 18.9 Å². The Labute approximate surface area is 215 Å². The first kappa shape index (κ1) is 26.0. The predicted molar refractivity (Wildman–Crippen MR) is 138 cm³/mol. The number of nitrogens with one attached hydrogen (secondary N) is 3. The molecule has 1 amide bonds. The number of anilines is 1. The van der Waals surface area contributed by atoms with Gasteiger partial charge in [0, 0.05) is 28.9 Å². The van der Waals surface area contributed by atoms with Crippen LogP contribution in [0.15, 0.2) is 30.3 Å². The molecule has 0 radical (unpaired) electrons. The quantitative estimate of drug-likeness (QED) is 0.486. The van der Waals surface area contributed by atoms with Gasteiger partial charge in [-0.1, -0.05) is 18.2 Å². The van der Waals surface area contributed by atoms with Gasteiger partial charge in [0.25, 0.3) is 0 Å². The number of rotatable bonds is 7. The van der Waals surface area contributed by atoms with Crippen molar-refractivity contribution in [2.45, 2.75) is 69.2 Å². The molecule has 3 aliphatic rings. The van der Waals surface area contributed by atoms with Crippen LogP contribution in [-0.2, 0) is 14.9 Å². The van der Waals surface area contributed by atoms with Crippen LogP contribution in [0.25, 0.3) is 16.8 Å². The minimum Gasteiger partial charge on any atom is -0.379 e. The van der Waals surface area contributed by atoms with Gasteiger partial charge in [-0.2, -0.15) is 13.2 Å². The van der Waals surface area contributed by atoms with E-state index in [-0.39, 0.29) is 29.2 Å². The molecule has 2 aliphatic heterocycles. The van der Waals surface area contributed by atoms with Crippen LogP contribution >= 0.6 is 0 Å². The van der Waals surface area contributed by atoms with Crippen LogP contribution in [0.2, 0.25) is 0 Å². The normalized spacial score (nSPS) is 22.1. The molecule has 1 aliphatic carbocycles. The highest BCUT2D eigenvalue weighted by molar-refractivity contribution is 5.97. The summed E-state index contributed by atoms with van der Waals surface area (Å²) in [6, 6.07) is 7.29. The summed E-state index contributed by atoms with van der Waals surface area (Å²) in [6.07, 6.45) is 3.56. The molecule has 1 unspecified atom stereocenters. The molecule has 1 saturated carbocycles. The van der Waals surface area contributed by atoms with Gasteiger partial charge in [0.05, 0.1) is 29.6 Å². The lowest BCUT2D eigenvalue weighted by atomic mass is 9.84. The number of carbonyl (C=O) groups excluding carboxylic acids is 1. The maximum absolute atomic E-state index is 14.1. The summed E-state index contributed by atoms with van der Waals surface area (Å²) in [5.41, 5.74) is -1.09. The fraction of sp³-hybridized carbons (Fsp3) is 0.571. The number of fused-ring (bicyclic) bond motifs is 1. The number of hydrogen-bond acceptors (Lipinski definition) is 5. The first-order chi connectivity index (χ1) is 17.6. The fourth-order valence-electron chi connectivity index (χ4n) is 5.34. The van der Waals surface area contributed by atoms with Crippen molar-refractivity contribution in [1.82, 2.24) is 15.6 Å². The molecule has 3 heterocycles. The Balaban J connectivity index is 1.45. The zero-order valence-electron chi connectivity index (χ0n) is 21.4. The maximum atomic E-state index is 14.1. The maximum Gasteiger partial charge on any atom is 0.399 e. The zero-order chi connectivity index (χ0) is 26.3. The average Bonchev–Trinajstić information content (AvgIpc) is 3.64. The topological polar surface area (TPSA) is 75.3 Å². The smallest absolute Gasteiger partial charge is 0.379 e. The molecule has 6 nitrogen and oxygen atoms in total. The van der Waals surface area contributed by atoms with Crippen molar-refractivity contribution in [2.75, 3.05) is 31.6 Å². The summed E-state index contributed by atoms with van der Waals surface area (Å²) in [5, 5.41) is 10.9. The molecule has 5 rings (SSSR count). The largest absolute Gasteiger partial charge is 0.399 e. The number of alkyl halides is 3. The van der Waals surface area contributed by atoms with Gasteiger partial charge in [-0.25, -0.2) is 0 Å². The van der Waals surface area contributed by atoms with E-state index in [1.54, 1.807) is 24.3 Å². The SMILES string of the molecule is CC(C)(c1nc(/C=C/CNC(=O)C2CC2)cc2c(NC3COC4(CCNCC4)C3)cccc12)C(F)(F)F. The van der Waals surface area contributed by atoms with E-state index in [0.717, 1.165) is 50.9 Å². The second kappa shape index (κ2) is 9.91. The summed E-state index contributed by atoms with van der Waals surface area (Å²) >= 11 is 0. The summed E-state index contributed by atoms with van der Waals surface area (Å²) in [7, 11) is 0. The van der Waals surface area contributed by atoms with Crippen LogP contribution in [-0.4, -0.2) is 55.0 Å². The first-order valence-corrected chi connectivity index (χ1v) is 13.1. The Morgan fingerprint density at radius 3 is 2.68 bits per heavy atom. The number of halogens is 3. The lowest BCUT2D eigenvalue weighted by molar-refractivity contribution is -0.180. The van der Waals surface area contributed by atoms with Gasteiger partial charge in [-0.15, -0.1) is 0 Å². The van der Waals surface area contributed by atoms with Crippen LogP contribution in [0.5, 0.6) is 0 Å². The van der Waals surface area contributed by atoms with E-state index in [0.29, 0.717) is 29.6 Å². The van der Waals surface area contributed by atoms with Crippen LogP contribution in [0.3, 0.4) is 0 Å². The Kier molecular flexibility index (Phi) is 6.96. The molecule has 2 saturated heterocycles. The molecule has 1 atom stereocenters. The summed E-state index contributed by atoms with van der Waals surface area (Å²) < 4.78 is 48.7. The number of piperidine rings is 1. The molecular weight excluding hydrogens is 481 g/mol. The lowest BCUT2D eigenvalue weighted by Crippen LogP contribution is -2.41. The van der Waals surface area contributed by atoms with Gasteiger partial charge in [0.15, 0.2) is 0 Å². The third-order valence-corrected chi connectivity index (χ3v) is 7.91. The molecule has 1 aromatic carbocycles. The van der Waals surface area contributed by atoms with Gasteiger partial charge in [-0.3, -0.25) is 9.78 Å². The molecule has 1 spiro atoms. The predicted octanol–water partition coefficient (Wildman–Crippen LogP) is 4.94. The Hall–Kier alpha value is -2.65. The highest BCUT2D eigenvalue weighted by Crippen LogP contribution is 2.44. The number of benzene rings is 1. The van der Waals surface area contributed by atoms with E-state index in [2.05, 4.69) is 20.9 Å². The first-order valence-electron chi connectivity index (χ1n) is 13.1. The van der Waals surface area contributed by atoms with Crippen molar-refractivity contribution < 1.29 is 22.7 Å². The van der Waals surface area contributed by atoms with Gasteiger partial charge in [0.2, 0.25) is 5.91 Å². The minimum absolute atomic E-state index is 0.0136. The Bertz CT molecular complexity index is 1180. The summed E-state index contributed by atoms with van der Waals surface area (Å²) in [6.45, 7) is 5.08. The highest BCUT2D eigenvalue weighted by atomic mass is 19.4. The molecule has 0 bridgehead atoms. The number of nitrogens with zero attached hydrogens (tertiary/aromatic N) is 1. The van der Waals surface area contributed by atoms with E-state index in [4.69, 9.17) is 4.74 Å². The summed E-state index contributed by atoms with van der Waals surface area (Å²) in [5.74, 6) is 0.121. The fourth-order valence-corrected chi connectivity index (χ4v) is 5.34. The second-order valence-corrected chi connectivity index (χ2v) is 11.1. The van der Waals surface area contributed by atoms with Crippen LogP contribution in [0.1, 0.15) is 57.3 Å². The number of amides is 1. The van der Waals surface area contributed by atoms with Crippen LogP contribution in [0, 0.1) is 5.92 Å². The highest BCUT2D eigenvalue weighted by Gasteiger charge is 2.50. The van der Waals surface area contributed by atoms with Gasteiger partial charge in [0.1, 0.15) is 5.41 Å². The standard InChI is InChI=1S/C28H35F3N4O2/c1-26(2,28(29,30)31)24-21-6-3-7-23(34-20-16-27(37-17-20)10-13-32-14-11-27)22(21)15-19(35-24)5-4-12-33-25(36)18-8-9-18/h3-7,15,18,20,32,34H,8-14,16-17H2,1-2H3,(H,33,36)/b5-4+. The molecule has 1 aromatic heterocycles. The Morgan fingerprint density at radius 2 is 1.97 bits per heavy atom. The van der Waals surface area contributed by atoms with Crippen molar-refractivity contribution >= 4 is 28.4 Å². The number of pyridine rings is 1. The number of hydrogen-bond donors (Lipinski definition) is 3. The van der Waals surface area contributed by atoms with Crippen LogP contribution < -0.4 is 16.0 Å². The van der Waals surface area contributed by atoms with Crippen molar-refractivity contribution in [3.8, 4) is 0 Å². The lowest BCUT2D eigenvalue weighted by Gasteiger charge is -2.33.